The number of carboxylic acid groups (broad SMARTS) is 1. The summed E-state index contributed by atoms with van der Waals surface area (Å²) in [7, 11) is 0. The Hall–Kier alpha value is -1.57. The fraction of sp³-hybridized carbons (Fsp3) is 0.333. The average molecular weight is 254 g/mol. The van der Waals surface area contributed by atoms with E-state index in [2.05, 4.69) is 0 Å². The van der Waals surface area contributed by atoms with Gasteiger partial charge in [0, 0.05) is 5.88 Å². The molecule has 1 rings (SSSR count). The molecule has 17 heavy (non-hydrogen) atoms. The Morgan fingerprint density at radius 3 is 2.76 bits per heavy atom. The molecule has 0 aliphatic rings. The van der Waals surface area contributed by atoms with E-state index < -0.39 is 12.1 Å². The molecule has 90 valence electrons. The summed E-state index contributed by atoms with van der Waals surface area (Å²) in [6.07, 6.45) is -0.359. The van der Waals surface area contributed by atoms with E-state index in [0.29, 0.717) is 35.4 Å². The third kappa shape index (κ3) is 3.45. The number of benzene rings is 1. The molecule has 0 aliphatic heterocycles. The highest BCUT2D eigenvalue weighted by atomic mass is 35.5. The number of halogens is 1. The first-order valence-electron chi connectivity index (χ1n) is 5.10. The van der Waals surface area contributed by atoms with Gasteiger partial charge in [-0.1, -0.05) is 6.07 Å². The summed E-state index contributed by atoms with van der Waals surface area (Å²) in [5, 5.41) is 27.1. The molecule has 0 aromatic heterocycles. The van der Waals surface area contributed by atoms with E-state index in [4.69, 9.17) is 22.0 Å². The third-order valence-electron chi connectivity index (χ3n) is 2.38. The number of carboxylic acids is 1. The van der Waals surface area contributed by atoms with Crippen LogP contribution in [0.4, 0.5) is 0 Å². The summed E-state index contributed by atoms with van der Waals surface area (Å²) < 4.78 is 0. The zero-order chi connectivity index (χ0) is 12.8. The van der Waals surface area contributed by atoms with E-state index in [1.165, 1.54) is 12.1 Å². The molecule has 1 aromatic rings. The molecule has 0 fully saturated rings. The average Bonchev–Trinajstić information content (AvgIpc) is 2.34. The van der Waals surface area contributed by atoms with Gasteiger partial charge in [-0.3, -0.25) is 0 Å². The van der Waals surface area contributed by atoms with Crippen molar-refractivity contribution in [2.45, 2.75) is 18.9 Å². The van der Waals surface area contributed by atoms with Crippen LogP contribution in [0.2, 0.25) is 0 Å². The first-order chi connectivity index (χ1) is 8.10. The maximum absolute atomic E-state index is 10.7. The van der Waals surface area contributed by atoms with Crippen LogP contribution in [-0.2, 0) is 11.2 Å². The topological polar surface area (TPSA) is 81.3 Å². The Balaban J connectivity index is 3.10. The van der Waals surface area contributed by atoms with Gasteiger partial charge in [-0.05, 0) is 36.1 Å². The van der Waals surface area contributed by atoms with E-state index in [1.54, 1.807) is 6.07 Å². The summed E-state index contributed by atoms with van der Waals surface area (Å²) in [4.78, 5) is 10.7. The second kappa shape index (κ2) is 6.24. The minimum atomic E-state index is -1.56. The highest BCUT2D eigenvalue weighted by Crippen LogP contribution is 2.21. The van der Waals surface area contributed by atoms with Crippen molar-refractivity contribution < 1.29 is 15.0 Å². The Labute approximate surface area is 104 Å². The van der Waals surface area contributed by atoms with Gasteiger partial charge in [-0.2, -0.15) is 5.26 Å². The lowest BCUT2D eigenvalue weighted by molar-refractivity contribution is -0.147. The molecule has 1 atom stereocenters. The zero-order valence-electron chi connectivity index (χ0n) is 9.06. The van der Waals surface area contributed by atoms with Crippen LogP contribution >= 0.6 is 11.6 Å². The number of hydrogen-bond acceptors (Lipinski definition) is 3. The zero-order valence-corrected chi connectivity index (χ0v) is 9.81. The normalized spacial score (nSPS) is 11.8. The summed E-state index contributed by atoms with van der Waals surface area (Å²) in [6.45, 7) is 0. The molecule has 1 unspecified atom stereocenters. The molecule has 4 nitrogen and oxygen atoms in total. The van der Waals surface area contributed by atoms with E-state index in [9.17, 15) is 9.90 Å². The summed E-state index contributed by atoms with van der Waals surface area (Å²) in [5.41, 5.74) is 1.41. The highest BCUT2D eigenvalue weighted by molar-refractivity contribution is 6.17. The van der Waals surface area contributed by atoms with Crippen LogP contribution in [0, 0.1) is 11.3 Å². The van der Waals surface area contributed by atoms with Gasteiger partial charge in [-0.25, -0.2) is 4.79 Å². The highest BCUT2D eigenvalue weighted by Gasteiger charge is 2.19. The van der Waals surface area contributed by atoms with Gasteiger partial charge >= 0.3 is 5.97 Å². The van der Waals surface area contributed by atoms with Gasteiger partial charge < -0.3 is 10.2 Å². The van der Waals surface area contributed by atoms with Gasteiger partial charge in [0.2, 0.25) is 0 Å². The lowest BCUT2D eigenvalue weighted by Gasteiger charge is -2.12. The predicted molar refractivity (Wildman–Crippen MR) is 62.8 cm³/mol. The number of rotatable bonds is 5. The Kier molecular flexibility index (Phi) is 4.95. The SMILES string of the molecule is N#Cc1ccc(C(O)C(=O)O)c(CCCCl)c1. The summed E-state index contributed by atoms with van der Waals surface area (Å²) in [5.74, 6) is -0.860. The number of aliphatic carboxylic acids is 1. The smallest absolute Gasteiger partial charge is 0.337 e. The molecule has 0 saturated heterocycles. The van der Waals surface area contributed by atoms with Crippen LogP contribution in [0.5, 0.6) is 0 Å². The number of aryl methyl sites for hydroxylation is 1. The van der Waals surface area contributed by atoms with Crippen molar-refractivity contribution in [3.05, 3.63) is 34.9 Å². The number of nitriles is 1. The minimum absolute atomic E-state index is 0.321. The molecule has 2 N–H and O–H groups in total. The van der Waals surface area contributed by atoms with Crippen molar-refractivity contribution in [1.29, 1.82) is 5.26 Å². The summed E-state index contributed by atoms with van der Waals surface area (Å²) in [6, 6.07) is 6.53. The van der Waals surface area contributed by atoms with Crippen molar-refractivity contribution in [1.82, 2.24) is 0 Å². The first-order valence-corrected chi connectivity index (χ1v) is 5.63. The van der Waals surface area contributed by atoms with Gasteiger partial charge in [0.15, 0.2) is 6.10 Å². The molecule has 0 heterocycles. The number of alkyl halides is 1. The van der Waals surface area contributed by atoms with E-state index in [1.807, 2.05) is 6.07 Å². The van der Waals surface area contributed by atoms with Crippen LogP contribution < -0.4 is 0 Å². The van der Waals surface area contributed by atoms with Crippen LogP contribution in [0.25, 0.3) is 0 Å². The van der Waals surface area contributed by atoms with Crippen LogP contribution in [0.15, 0.2) is 18.2 Å². The number of nitrogens with zero attached hydrogens (tertiary/aromatic N) is 1. The van der Waals surface area contributed by atoms with Crippen molar-refractivity contribution in [3.63, 3.8) is 0 Å². The molecule has 0 amide bonds. The molecule has 0 aliphatic carbocycles. The minimum Gasteiger partial charge on any atom is -0.479 e. The van der Waals surface area contributed by atoms with Crippen LogP contribution in [0.3, 0.4) is 0 Å². The first kappa shape index (κ1) is 13.5. The molecular weight excluding hydrogens is 242 g/mol. The van der Waals surface area contributed by atoms with E-state index in [0.717, 1.165) is 0 Å². The second-order valence-electron chi connectivity index (χ2n) is 3.56. The second-order valence-corrected chi connectivity index (χ2v) is 3.94. The standard InChI is InChI=1S/C12H12ClNO3/c13-5-1-2-9-6-8(7-14)3-4-10(9)11(15)12(16)17/h3-4,6,11,15H,1-2,5H2,(H,16,17). The van der Waals surface area contributed by atoms with E-state index >= 15 is 0 Å². The maximum Gasteiger partial charge on any atom is 0.337 e. The molecule has 0 saturated carbocycles. The van der Waals surface area contributed by atoms with E-state index in [-0.39, 0.29) is 0 Å². The third-order valence-corrected chi connectivity index (χ3v) is 2.65. The van der Waals surface area contributed by atoms with Crippen LogP contribution in [-0.4, -0.2) is 22.1 Å². The Morgan fingerprint density at radius 2 is 2.24 bits per heavy atom. The van der Waals surface area contributed by atoms with Gasteiger partial charge in [-0.15, -0.1) is 11.6 Å². The maximum atomic E-state index is 10.7. The lowest BCUT2D eigenvalue weighted by atomic mass is 9.97. The number of aliphatic hydroxyl groups is 1. The van der Waals surface area contributed by atoms with Gasteiger partial charge in [0.25, 0.3) is 0 Å². The van der Waals surface area contributed by atoms with Crippen molar-refractivity contribution in [2.24, 2.45) is 0 Å². The Bertz CT molecular complexity index is 454. The summed E-state index contributed by atoms with van der Waals surface area (Å²) >= 11 is 5.58. The fourth-order valence-electron chi connectivity index (χ4n) is 1.55. The predicted octanol–water partition coefficient (Wildman–Crippen LogP) is 1.85. The number of aliphatic hydroxyl groups excluding tert-OH is 1. The quantitative estimate of drug-likeness (QED) is 0.785. The van der Waals surface area contributed by atoms with Crippen molar-refractivity contribution in [2.75, 3.05) is 5.88 Å². The molecule has 0 bridgehead atoms. The number of hydrogen-bond donors (Lipinski definition) is 2. The molecule has 1 aromatic carbocycles. The molecule has 0 spiro atoms. The molecular formula is C12H12ClNO3. The van der Waals surface area contributed by atoms with Gasteiger partial charge in [0.1, 0.15) is 0 Å². The largest absolute Gasteiger partial charge is 0.479 e. The molecule has 0 radical (unpaired) electrons. The van der Waals surface area contributed by atoms with Gasteiger partial charge in [0.05, 0.1) is 11.6 Å². The molecule has 5 heteroatoms. The fourth-order valence-corrected chi connectivity index (χ4v) is 1.68. The number of carbonyl (C=O) groups is 1. The van der Waals surface area contributed by atoms with Crippen LogP contribution in [0.1, 0.15) is 29.2 Å². The van der Waals surface area contributed by atoms with Crippen molar-refractivity contribution in [3.8, 4) is 6.07 Å². The monoisotopic (exact) mass is 253 g/mol. The van der Waals surface area contributed by atoms with Crippen molar-refractivity contribution >= 4 is 17.6 Å². The lowest BCUT2D eigenvalue weighted by Crippen LogP contribution is -2.13. The Morgan fingerprint density at radius 1 is 1.53 bits per heavy atom.